The average Bonchev–Trinajstić information content (AvgIpc) is 3.37. The molecule has 2 aromatic heterocycles. The number of hydrogen-bond donors (Lipinski definition) is 2. The van der Waals surface area contributed by atoms with Gasteiger partial charge in [-0.05, 0) is 38.3 Å². The molecule has 27 heavy (non-hydrogen) atoms. The lowest BCUT2D eigenvalue weighted by Gasteiger charge is -2.24. The molecule has 0 aromatic carbocycles. The van der Waals surface area contributed by atoms with Gasteiger partial charge in [-0.15, -0.1) is 0 Å². The molecule has 1 saturated carbocycles. The van der Waals surface area contributed by atoms with Crippen LogP contribution >= 0.6 is 0 Å². The molecule has 8 heteroatoms. The van der Waals surface area contributed by atoms with Crippen molar-refractivity contribution in [2.45, 2.75) is 51.1 Å². The van der Waals surface area contributed by atoms with Crippen molar-refractivity contribution in [3.05, 3.63) is 38.2 Å². The number of pyridine rings is 1. The number of likely N-dealkylation sites (N-methyl/N-ethyl adjacent to an activating group) is 1. The van der Waals surface area contributed by atoms with Crippen LogP contribution in [0.5, 0.6) is 0 Å². The number of rotatable bonds is 5. The van der Waals surface area contributed by atoms with Crippen molar-refractivity contribution >= 4 is 16.9 Å². The zero-order valence-electron chi connectivity index (χ0n) is 15.7. The number of hydrogen-bond acceptors (Lipinski definition) is 5. The zero-order valence-corrected chi connectivity index (χ0v) is 15.7. The van der Waals surface area contributed by atoms with E-state index in [4.69, 9.17) is 0 Å². The molecule has 0 spiro atoms. The Morgan fingerprint density at radius 1 is 1.33 bits per heavy atom. The summed E-state index contributed by atoms with van der Waals surface area (Å²) in [5.41, 5.74) is 0.470. The third-order valence-corrected chi connectivity index (χ3v) is 5.54. The minimum atomic E-state index is -0.543. The molecule has 144 valence electrons. The van der Waals surface area contributed by atoms with Crippen LogP contribution in [0.2, 0.25) is 0 Å². The quantitative estimate of drug-likeness (QED) is 0.810. The highest BCUT2D eigenvalue weighted by Crippen LogP contribution is 2.40. The third-order valence-electron chi connectivity index (χ3n) is 5.54. The Balaban J connectivity index is 1.93. The van der Waals surface area contributed by atoms with Crippen molar-refractivity contribution in [2.24, 2.45) is 0 Å². The molecule has 0 radical (unpaired) electrons. The number of aromatic amines is 1. The minimum absolute atomic E-state index is 0.103. The molecule has 1 unspecified atom stereocenters. The topological polar surface area (TPSA) is 100 Å². The van der Waals surface area contributed by atoms with E-state index in [1.165, 1.54) is 4.57 Å². The monoisotopic (exact) mass is 371 g/mol. The van der Waals surface area contributed by atoms with Crippen molar-refractivity contribution < 1.29 is 4.79 Å². The molecular weight excluding hydrogens is 346 g/mol. The summed E-state index contributed by atoms with van der Waals surface area (Å²) in [6, 6.07) is 1.86. The lowest BCUT2D eigenvalue weighted by molar-refractivity contribution is 0.0745. The number of amides is 1. The Hall–Kier alpha value is -2.48. The molecule has 0 bridgehead atoms. The Kier molecular flexibility index (Phi) is 4.59. The summed E-state index contributed by atoms with van der Waals surface area (Å²) in [5.74, 6) is 0.120. The zero-order chi connectivity index (χ0) is 19.1. The lowest BCUT2D eigenvalue weighted by atomic mass is 10.1. The van der Waals surface area contributed by atoms with E-state index in [1.807, 2.05) is 6.92 Å². The van der Waals surface area contributed by atoms with E-state index < -0.39 is 11.2 Å². The maximum Gasteiger partial charge on any atom is 0.329 e. The first kappa shape index (κ1) is 17.9. The first-order chi connectivity index (χ1) is 13.0. The number of carbonyl (C=O) groups is 1. The van der Waals surface area contributed by atoms with Crippen LogP contribution in [0.25, 0.3) is 11.0 Å². The first-order valence-electron chi connectivity index (χ1n) is 9.67. The molecular formula is C19H25N5O3. The molecule has 2 aliphatic rings. The van der Waals surface area contributed by atoms with Gasteiger partial charge in [0.25, 0.3) is 11.5 Å². The number of nitrogens with one attached hydrogen (secondary N) is 2. The van der Waals surface area contributed by atoms with Gasteiger partial charge in [0, 0.05) is 37.8 Å². The molecule has 2 N–H and O–H groups in total. The smallest absolute Gasteiger partial charge is 0.329 e. The van der Waals surface area contributed by atoms with Gasteiger partial charge in [-0.1, -0.05) is 6.92 Å². The van der Waals surface area contributed by atoms with Crippen LogP contribution in [0, 0.1) is 0 Å². The molecule has 1 aliphatic carbocycles. The second kappa shape index (κ2) is 6.92. The highest BCUT2D eigenvalue weighted by Gasteiger charge is 2.31. The molecule has 4 rings (SSSR count). The second-order valence-electron chi connectivity index (χ2n) is 7.54. The fourth-order valence-electron chi connectivity index (χ4n) is 3.81. The number of H-pyrrole nitrogens is 1. The minimum Gasteiger partial charge on any atom is -0.337 e. The Morgan fingerprint density at radius 2 is 2.11 bits per heavy atom. The van der Waals surface area contributed by atoms with Gasteiger partial charge in [-0.25, -0.2) is 9.78 Å². The van der Waals surface area contributed by atoms with E-state index in [1.54, 1.807) is 18.0 Å². The van der Waals surface area contributed by atoms with Gasteiger partial charge in [-0.3, -0.25) is 19.1 Å². The molecule has 1 saturated heterocycles. The van der Waals surface area contributed by atoms with E-state index in [9.17, 15) is 14.4 Å². The van der Waals surface area contributed by atoms with Crippen LogP contribution in [-0.2, 0) is 6.54 Å². The van der Waals surface area contributed by atoms with Crippen molar-refractivity contribution in [3.8, 4) is 0 Å². The van der Waals surface area contributed by atoms with Crippen LogP contribution in [0.1, 0.15) is 54.6 Å². The molecule has 3 heterocycles. The van der Waals surface area contributed by atoms with Gasteiger partial charge in [-0.2, -0.15) is 0 Å². The Morgan fingerprint density at radius 3 is 2.74 bits per heavy atom. The van der Waals surface area contributed by atoms with E-state index in [2.05, 4.69) is 15.3 Å². The van der Waals surface area contributed by atoms with Gasteiger partial charge >= 0.3 is 5.69 Å². The van der Waals surface area contributed by atoms with Crippen molar-refractivity contribution in [1.82, 2.24) is 24.8 Å². The summed E-state index contributed by atoms with van der Waals surface area (Å²) in [5, 5.41) is 3.48. The molecule has 2 aromatic rings. The van der Waals surface area contributed by atoms with Gasteiger partial charge in [0.2, 0.25) is 0 Å². The first-order valence-corrected chi connectivity index (χ1v) is 9.67. The number of carbonyl (C=O) groups excluding carboxylic acids is 1. The van der Waals surface area contributed by atoms with Crippen molar-refractivity contribution in [1.29, 1.82) is 0 Å². The summed E-state index contributed by atoms with van der Waals surface area (Å²) in [6.45, 7) is 4.03. The lowest BCUT2D eigenvalue weighted by Crippen LogP contribution is -2.39. The van der Waals surface area contributed by atoms with Gasteiger partial charge in [0.1, 0.15) is 0 Å². The summed E-state index contributed by atoms with van der Waals surface area (Å²) in [6.07, 6.45) is 3.66. The van der Waals surface area contributed by atoms with E-state index in [-0.39, 0.29) is 17.3 Å². The summed E-state index contributed by atoms with van der Waals surface area (Å²) >= 11 is 0. The molecule has 1 aliphatic heterocycles. The summed E-state index contributed by atoms with van der Waals surface area (Å²) in [7, 11) is 1.78. The molecule has 1 atom stereocenters. The molecule has 1 amide bonds. The van der Waals surface area contributed by atoms with Gasteiger partial charge in [0.15, 0.2) is 5.65 Å². The predicted octanol–water partition coefficient (Wildman–Crippen LogP) is 0.806. The fourth-order valence-corrected chi connectivity index (χ4v) is 3.81. The summed E-state index contributed by atoms with van der Waals surface area (Å²) < 4.78 is 1.48. The molecule has 8 nitrogen and oxygen atoms in total. The van der Waals surface area contributed by atoms with Crippen LogP contribution < -0.4 is 16.6 Å². The fraction of sp³-hybridized carbons (Fsp3) is 0.579. The highest BCUT2D eigenvalue weighted by molar-refractivity contribution is 6.05. The van der Waals surface area contributed by atoms with Crippen molar-refractivity contribution in [2.75, 3.05) is 20.1 Å². The van der Waals surface area contributed by atoms with E-state index >= 15 is 0 Å². The highest BCUT2D eigenvalue weighted by atomic mass is 16.2. The maximum atomic E-state index is 13.3. The Labute approximate surface area is 156 Å². The second-order valence-corrected chi connectivity index (χ2v) is 7.54. The van der Waals surface area contributed by atoms with Crippen LogP contribution in [0.3, 0.4) is 0 Å². The molecule has 2 fully saturated rings. The third kappa shape index (κ3) is 3.18. The maximum absolute atomic E-state index is 13.3. The largest absolute Gasteiger partial charge is 0.337 e. The van der Waals surface area contributed by atoms with Gasteiger partial charge < -0.3 is 10.2 Å². The van der Waals surface area contributed by atoms with Gasteiger partial charge in [0.05, 0.1) is 10.9 Å². The number of nitrogens with zero attached hydrogens (tertiary/aromatic N) is 3. The van der Waals surface area contributed by atoms with Crippen LogP contribution in [0.4, 0.5) is 0 Å². The SMILES string of the molecule is CCCn1c(=O)[nH]c(=O)c2c(C(=O)N(C)C3CCNC3)cc(C3CC3)nc21. The van der Waals surface area contributed by atoms with Crippen LogP contribution in [0.15, 0.2) is 15.7 Å². The number of fused-ring (bicyclic) bond motifs is 1. The van der Waals surface area contributed by atoms with Crippen LogP contribution in [-0.4, -0.2) is 51.5 Å². The standard InChI is InChI=1S/C19H25N5O3/c1-3-8-24-16-15(17(25)22-19(24)27)13(9-14(21-16)11-4-5-11)18(26)23(2)12-6-7-20-10-12/h9,11-12,20H,3-8,10H2,1-2H3,(H,22,25,27). The Bertz CT molecular complexity index is 999. The predicted molar refractivity (Wildman–Crippen MR) is 102 cm³/mol. The normalized spacial score (nSPS) is 19.6. The summed E-state index contributed by atoms with van der Waals surface area (Å²) in [4.78, 5) is 46.9. The number of aromatic nitrogens is 3. The van der Waals surface area contributed by atoms with Crippen molar-refractivity contribution in [3.63, 3.8) is 0 Å². The average molecular weight is 371 g/mol. The van der Waals surface area contributed by atoms with E-state index in [0.29, 0.717) is 23.7 Å². The van der Waals surface area contributed by atoms with E-state index in [0.717, 1.165) is 44.5 Å². The number of aryl methyl sites for hydroxylation is 1.